The van der Waals surface area contributed by atoms with Crippen molar-refractivity contribution in [3.63, 3.8) is 0 Å². The van der Waals surface area contributed by atoms with Crippen LogP contribution >= 0.6 is 0 Å². The quantitative estimate of drug-likeness (QED) is 0.640. The number of carboxylic acid groups (broad SMARTS) is 2. The van der Waals surface area contributed by atoms with Crippen molar-refractivity contribution in [3.8, 4) is 0 Å². The maximum absolute atomic E-state index is 10.9. The Bertz CT molecular complexity index is 257. The van der Waals surface area contributed by atoms with Crippen LogP contribution in [0.4, 0.5) is 0 Å². The molecule has 1 saturated carbocycles. The Hall–Kier alpha value is -1.39. The minimum atomic E-state index is -1.19. The molecule has 0 bridgehead atoms. The lowest BCUT2D eigenvalue weighted by Crippen LogP contribution is -2.35. The molecule has 0 amide bonds. The van der Waals surface area contributed by atoms with E-state index in [-0.39, 0.29) is 25.0 Å². The van der Waals surface area contributed by atoms with E-state index < -0.39 is 23.8 Å². The molecule has 1 fully saturated rings. The maximum atomic E-state index is 10.9. The van der Waals surface area contributed by atoms with E-state index in [1.165, 1.54) is 0 Å². The third-order valence-corrected chi connectivity index (χ3v) is 2.30. The van der Waals surface area contributed by atoms with Gasteiger partial charge in [0.15, 0.2) is 0 Å². The van der Waals surface area contributed by atoms with Crippen LogP contribution in [0.15, 0.2) is 0 Å². The molecule has 0 aliphatic heterocycles. The Balaban J connectivity index is 2.77. The first-order chi connectivity index (χ1) is 6.02. The molecule has 0 saturated heterocycles. The molecule has 0 aromatic rings. The molecule has 0 unspecified atom stereocenters. The predicted molar refractivity (Wildman–Crippen MR) is 41.1 cm³/mol. The third kappa shape index (κ3) is 2.05. The van der Waals surface area contributed by atoms with Gasteiger partial charge in [0.2, 0.25) is 0 Å². The summed E-state index contributed by atoms with van der Waals surface area (Å²) in [5.41, 5.74) is 0. The van der Waals surface area contributed by atoms with E-state index in [1.807, 2.05) is 0 Å². The molecule has 0 spiro atoms. The fourth-order valence-electron chi connectivity index (χ4n) is 1.56. The van der Waals surface area contributed by atoms with Gasteiger partial charge in [0.05, 0.1) is 11.8 Å². The number of carboxylic acids is 2. The zero-order valence-electron chi connectivity index (χ0n) is 6.90. The lowest BCUT2D eigenvalue weighted by Gasteiger charge is -2.23. The van der Waals surface area contributed by atoms with Crippen molar-refractivity contribution >= 4 is 17.7 Å². The second kappa shape index (κ2) is 3.55. The molecule has 1 aliphatic carbocycles. The number of ketones is 1. The van der Waals surface area contributed by atoms with Gasteiger partial charge in [0.1, 0.15) is 5.78 Å². The summed E-state index contributed by atoms with van der Waals surface area (Å²) in [5, 5.41) is 17.3. The normalized spacial score (nSPS) is 28.5. The summed E-state index contributed by atoms with van der Waals surface area (Å²) in [7, 11) is 0. The number of carbonyl (C=O) groups is 3. The van der Waals surface area contributed by atoms with Crippen LogP contribution in [0.5, 0.6) is 0 Å². The van der Waals surface area contributed by atoms with Crippen molar-refractivity contribution in [3.05, 3.63) is 0 Å². The number of carbonyl (C=O) groups excluding carboxylic acids is 1. The molecule has 1 rings (SSSR count). The number of hydrogen-bond donors (Lipinski definition) is 2. The highest BCUT2D eigenvalue weighted by molar-refractivity contribution is 5.89. The maximum Gasteiger partial charge on any atom is 0.307 e. The highest BCUT2D eigenvalue weighted by Gasteiger charge is 2.38. The van der Waals surface area contributed by atoms with Crippen LogP contribution in [0.3, 0.4) is 0 Å². The Morgan fingerprint density at radius 3 is 2.15 bits per heavy atom. The lowest BCUT2D eigenvalue weighted by molar-refractivity contribution is -0.157. The number of hydrogen-bond acceptors (Lipinski definition) is 3. The monoisotopic (exact) mass is 186 g/mol. The van der Waals surface area contributed by atoms with Crippen LogP contribution < -0.4 is 0 Å². The highest BCUT2D eigenvalue weighted by atomic mass is 16.4. The second-order valence-electron chi connectivity index (χ2n) is 3.17. The summed E-state index contributed by atoms with van der Waals surface area (Å²) in [6.45, 7) is 0. The van der Waals surface area contributed by atoms with Crippen LogP contribution in [0.2, 0.25) is 0 Å². The first kappa shape index (κ1) is 9.70. The van der Waals surface area contributed by atoms with E-state index in [9.17, 15) is 14.4 Å². The van der Waals surface area contributed by atoms with Crippen LogP contribution in [-0.4, -0.2) is 27.9 Å². The van der Waals surface area contributed by atoms with Gasteiger partial charge in [0, 0.05) is 12.8 Å². The van der Waals surface area contributed by atoms with Crippen molar-refractivity contribution in [2.45, 2.75) is 19.3 Å². The van der Waals surface area contributed by atoms with Gasteiger partial charge in [-0.1, -0.05) is 0 Å². The molecule has 0 aromatic heterocycles. The van der Waals surface area contributed by atoms with Gasteiger partial charge in [-0.2, -0.15) is 0 Å². The topological polar surface area (TPSA) is 91.7 Å². The number of rotatable bonds is 2. The van der Waals surface area contributed by atoms with Crippen molar-refractivity contribution in [2.75, 3.05) is 0 Å². The third-order valence-electron chi connectivity index (χ3n) is 2.30. The zero-order valence-corrected chi connectivity index (χ0v) is 6.90. The molecule has 72 valence electrons. The lowest BCUT2D eigenvalue weighted by atomic mass is 9.79. The second-order valence-corrected chi connectivity index (χ2v) is 3.17. The van der Waals surface area contributed by atoms with E-state index in [4.69, 9.17) is 10.2 Å². The Morgan fingerprint density at radius 1 is 1.15 bits per heavy atom. The molecule has 5 heteroatoms. The van der Waals surface area contributed by atoms with E-state index in [0.29, 0.717) is 0 Å². The van der Waals surface area contributed by atoms with Gasteiger partial charge in [-0.3, -0.25) is 14.4 Å². The molecule has 0 heterocycles. The molecule has 2 atom stereocenters. The van der Waals surface area contributed by atoms with Crippen LogP contribution in [0, 0.1) is 11.8 Å². The zero-order chi connectivity index (χ0) is 10.0. The summed E-state index contributed by atoms with van der Waals surface area (Å²) in [5.74, 6) is -4.43. The molecule has 1 aliphatic rings. The molecule has 5 nitrogen and oxygen atoms in total. The first-order valence-electron chi connectivity index (χ1n) is 3.99. The molecular weight excluding hydrogens is 176 g/mol. The summed E-state index contributed by atoms with van der Waals surface area (Å²) in [6.07, 6.45) is 0.179. The average molecular weight is 186 g/mol. The minimum absolute atomic E-state index is 0.144. The van der Waals surface area contributed by atoms with E-state index in [1.54, 1.807) is 0 Å². The first-order valence-corrected chi connectivity index (χ1v) is 3.99. The molecule has 13 heavy (non-hydrogen) atoms. The van der Waals surface area contributed by atoms with Crippen LogP contribution in [0.25, 0.3) is 0 Å². The van der Waals surface area contributed by atoms with Gasteiger partial charge in [0.25, 0.3) is 0 Å². The summed E-state index contributed by atoms with van der Waals surface area (Å²) >= 11 is 0. The standard InChI is InChI=1S/C8H10O5/c9-4-1-2-5(7(10)11)6(3-4)8(12)13/h5-6H,1-3H2,(H,10,11)(H,12,13)/t5-,6-/m1/s1. The van der Waals surface area contributed by atoms with E-state index in [2.05, 4.69) is 0 Å². The molecular formula is C8H10O5. The molecule has 2 N–H and O–H groups in total. The number of Topliss-reactive ketones (excluding diaryl/α,β-unsaturated/α-hetero) is 1. The number of aliphatic carboxylic acids is 2. The SMILES string of the molecule is O=C1CC[C@@H](C(=O)O)[C@H](C(=O)O)C1. The summed E-state index contributed by atoms with van der Waals surface area (Å²) < 4.78 is 0. The largest absolute Gasteiger partial charge is 0.481 e. The molecule has 0 aromatic carbocycles. The summed E-state index contributed by atoms with van der Waals surface area (Å²) in [6, 6.07) is 0. The van der Waals surface area contributed by atoms with Gasteiger partial charge >= 0.3 is 11.9 Å². The molecule has 0 radical (unpaired) electrons. The fraction of sp³-hybridized carbons (Fsp3) is 0.625. The summed E-state index contributed by atoms with van der Waals surface area (Å²) in [4.78, 5) is 32.1. The van der Waals surface area contributed by atoms with Gasteiger partial charge in [-0.05, 0) is 6.42 Å². The Kier molecular flexibility index (Phi) is 2.65. The van der Waals surface area contributed by atoms with Crippen LogP contribution in [-0.2, 0) is 14.4 Å². The average Bonchev–Trinajstić information content (AvgIpc) is 2.03. The van der Waals surface area contributed by atoms with Gasteiger partial charge in [-0.15, -0.1) is 0 Å². The fourth-order valence-corrected chi connectivity index (χ4v) is 1.56. The van der Waals surface area contributed by atoms with Gasteiger partial charge in [-0.25, -0.2) is 0 Å². The van der Waals surface area contributed by atoms with Crippen molar-refractivity contribution in [2.24, 2.45) is 11.8 Å². The Morgan fingerprint density at radius 2 is 1.69 bits per heavy atom. The predicted octanol–water partition coefficient (Wildman–Crippen LogP) is 0.141. The smallest absolute Gasteiger partial charge is 0.307 e. The van der Waals surface area contributed by atoms with E-state index >= 15 is 0 Å². The van der Waals surface area contributed by atoms with Crippen molar-refractivity contribution < 1.29 is 24.6 Å². The van der Waals surface area contributed by atoms with Crippen molar-refractivity contribution in [1.29, 1.82) is 0 Å². The van der Waals surface area contributed by atoms with Gasteiger partial charge < -0.3 is 10.2 Å². The minimum Gasteiger partial charge on any atom is -0.481 e. The van der Waals surface area contributed by atoms with Crippen LogP contribution in [0.1, 0.15) is 19.3 Å². The highest BCUT2D eigenvalue weighted by Crippen LogP contribution is 2.28. The Labute approximate surface area is 74.4 Å². The van der Waals surface area contributed by atoms with Crippen molar-refractivity contribution in [1.82, 2.24) is 0 Å². The van der Waals surface area contributed by atoms with E-state index in [0.717, 1.165) is 0 Å².